The highest BCUT2D eigenvalue weighted by atomic mass is 35.5. The second-order valence-corrected chi connectivity index (χ2v) is 5.42. The lowest BCUT2D eigenvalue weighted by atomic mass is 10.2. The minimum absolute atomic E-state index is 0.244. The lowest BCUT2D eigenvalue weighted by Gasteiger charge is -2.21. The van der Waals surface area contributed by atoms with Crippen molar-refractivity contribution in [3.63, 3.8) is 0 Å². The van der Waals surface area contributed by atoms with Gasteiger partial charge in [-0.05, 0) is 37.3 Å². The van der Waals surface area contributed by atoms with Crippen LogP contribution in [0.15, 0.2) is 48.5 Å². The second kappa shape index (κ2) is 7.15. The summed E-state index contributed by atoms with van der Waals surface area (Å²) in [7, 11) is 1.63. The monoisotopic (exact) mass is 332 g/mol. The van der Waals surface area contributed by atoms with Gasteiger partial charge in [-0.2, -0.15) is 0 Å². The SMILES string of the molecule is C[C@@H](OC(=O)c1ccc(Cl)c(N)c1)C(=O)N(C)c1ccccc1. The number of anilines is 2. The minimum Gasteiger partial charge on any atom is -0.449 e. The second-order valence-electron chi connectivity index (χ2n) is 5.02. The van der Waals surface area contributed by atoms with E-state index in [1.807, 2.05) is 18.2 Å². The fraction of sp³-hybridized carbons (Fsp3) is 0.176. The molecular formula is C17H17ClN2O3. The van der Waals surface area contributed by atoms with Gasteiger partial charge in [0.25, 0.3) is 5.91 Å². The highest BCUT2D eigenvalue weighted by Gasteiger charge is 2.23. The number of rotatable bonds is 4. The van der Waals surface area contributed by atoms with Crippen LogP contribution < -0.4 is 10.6 Å². The molecule has 23 heavy (non-hydrogen) atoms. The number of amides is 1. The van der Waals surface area contributed by atoms with Crippen LogP contribution in [-0.2, 0) is 9.53 Å². The van der Waals surface area contributed by atoms with Crippen molar-refractivity contribution in [2.45, 2.75) is 13.0 Å². The maximum absolute atomic E-state index is 12.3. The van der Waals surface area contributed by atoms with Gasteiger partial charge >= 0.3 is 5.97 Å². The molecule has 2 N–H and O–H groups in total. The summed E-state index contributed by atoms with van der Waals surface area (Å²) in [4.78, 5) is 25.9. The number of para-hydroxylation sites is 1. The molecule has 1 amide bonds. The average Bonchev–Trinajstić information content (AvgIpc) is 2.56. The van der Waals surface area contributed by atoms with Crippen LogP contribution in [0.2, 0.25) is 5.02 Å². The first-order valence-corrected chi connectivity index (χ1v) is 7.36. The van der Waals surface area contributed by atoms with E-state index in [-0.39, 0.29) is 17.2 Å². The molecule has 2 aromatic rings. The summed E-state index contributed by atoms with van der Waals surface area (Å²) in [6.07, 6.45) is -0.926. The van der Waals surface area contributed by atoms with Crippen molar-refractivity contribution >= 4 is 34.9 Å². The van der Waals surface area contributed by atoms with Crippen molar-refractivity contribution in [3.8, 4) is 0 Å². The number of benzene rings is 2. The van der Waals surface area contributed by atoms with Crippen LogP contribution in [0.5, 0.6) is 0 Å². The molecule has 0 aliphatic heterocycles. The Bertz CT molecular complexity index is 719. The number of carbonyl (C=O) groups excluding carboxylic acids is 2. The van der Waals surface area contributed by atoms with Crippen LogP contribution in [-0.4, -0.2) is 25.0 Å². The highest BCUT2D eigenvalue weighted by Crippen LogP contribution is 2.20. The molecule has 0 saturated heterocycles. The number of esters is 1. The third-order valence-corrected chi connectivity index (χ3v) is 3.68. The van der Waals surface area contributed by atoms with Gasteiger partial charge in [-0.15, -0.1) is 0 Å². The van der Waals surface area contributed by atoms with E-state index in [1.165, 1.54) is 30.0 Å². The molecule has 120 valence electrons. The van der Waals surface area contributed by atoms with E-state index in [1.54, 1.807) is 19.2 Å². The Hall–Kier alpha value is -2.53. The van der Waals surface area contributed by atoms with Crippen molar-refractivity contribution in [3.05, 3.63) is 59.1 Å². The number of nitrogen functional groups attached to an aromatic ring is 1. The van der Waals surface area contributed by atoms with Crippen molar-refractivity contribution in [2.24, 2.45) is 0 Å². The Kier molecular flexibility index (Phi) is 5.24. The molecule has 0 unspecified atom stereocenters. The quantitative estimate of drug-likeness (QED) is 0.689. The number of carbonyl (C=O) groups is 2. The van der Waals surface area contributed by atoms with Crippen molar-refractivity contribution < 1.29 is 14.3 Å². The van der Waals surface area contributed by atoms with Crippen molar-refractivity contribution in [1.29, 1.82) is 0 Å². The molecule has 0 bridgehead atoms. The summed E-state index contributed by atoms with van der Waals surface area (Å²) in [6.45, 7) is 1.53. The standard InChI is InChI=1S/C17H17ClN2O3/c1-11(16(21)20(2)13-6-4-3-5-7-13)23-17(22)12-8-9-14(18)15(19)10-12/h3-11H,19H2,1-2H3/t11-/m1/s1. The Morgan fingerprint density at radius 3 is 2.43 bits per heavy atom. The minimum atomic E-state index is -0.926. The van der Waals surface area contributed by atoms with Gasteiger partial charge in [0.15, 0.2) is 6.10 Å². The number of hydrogen-bond acceptors (Lipinski definition) is 4. The molecule has 1 atom stereocenters. The molecule has 0 spiro atoms. The maximum atomic E-state index is 12.3. The molecule has 0 heterocycles. The number of hydrogen-bond donors (Lipinski definition) is 1. The lowest BCUT2D eigenvalue weighted by molar-refractivity contribution is -0.126. The summed E-state index contributed by atoms with van der Waals surface area (Å²) < 4.78 is 5.21. The predicted octanol–water partition coefficient (Wildman–Crippen LogP) is 3.13. The summed E-state index contributed by atoms with van der Waals surface area (Å²) in [5.74, 6) is -0.956. The van der Waals surface area contributed by atoms with E-state index in [0.29, 0.717) is 5.02 Å². The first-order chi connectivity index (χ1) is 10.9. The number of nitrogens with two attached hydrogens (primary N) is 1. The van der Waals surface area contributed by atoms with Crippen LogP contribution in [0, 0.1) is 0 Å². The number of nitrogens with zero attached hydrogens (tertiary/aromatic N) is 1. The van der Waals surface area contributed by atoms with Crippen molar-refractivity contribution in [1.82, 2.24) is 0 Å². The molecule has 0 saturated carbocycles. The van der Waals surface area contributed by atoms with Gasteiger partial charge in [0.05, 0.1) is 16.3 Å². The largest absolute Gasteiger partial charge is 0.449 e. The van der Waals surface area contributed by atoms with Gasteiger partial charge < -0.3 is 15.4 Å². The van der Waals surface area contributed by atoms with Gasteiger partial charge in [0, 0.05) is 12.7 Å². The summed E-state index contributed by atoms with van der Waals surface area (Å²) in [6, 6.07) is 13.5. The van der Waals surface area contributed by atoms with Gasteiger partial charge in [0.1, 0.15) is 0 Å². The zero-order chi connectivity index (χ0) is 17.0. The summed E-state index contributed by atoms with van der Waals surface area (Å²) in [5, 5.41) is 0.356. The zero-order valence-electron chi connectivity index (χ0n) is 12.8. The van der Waals surface area contributed by atoms with Crippen LogP contribution in [0.25, 0.3) is 0 Å². The molecule has 0 aliphatic rings. The smallest absolute Gasteiger partial charge is 0.338 e. The van der Waals surface area contributed by atoms with Crippen LogP contribution >= 0.6 is 11.6 Å². The third kappa shape index (κ3) is 4.02. The van der Waals surface area contributed by atoms with E-state index in [2.05, 4.69) is 0 Å². The Morgan fingerprint density at radius 1 is 1.17 bits per heavy atom. The molecule has 2 rings (SSSR count). The van der Waals surface area contributed by atoms with Crippen molar-refractivity contribution in [2.75, 3.05) is 17.7 Å². The van der Waals surface area contributed by atoms with Gasteiger partial charge in [-0.25, -0.2) is 4.79 Å². The van der Waals surface area contributed by atoms with Gasteiger partial charge in [0.2, 0.25) is 0 Å². The topological polar surface area (TPSA) is 72.6 Å². The summed E-state index contributed by atoms with van der Waals surface area (Å²) in [5.41, 5.74) is 6.90. The first-order valence-electron chi connectivity index (χ1n) is 6.98. The average molecular weight is 333 g/mol. The maximum Gasteiger partial charge on any atom is 0.338 e. The lowest BCUT2D eigenvalue weighted by Crippen LogP contribution is -2.37. The van der Waals surface area contributed by atoms with Crippen LogP contribution in [0.3, 0.4) is 0 Å². The molecule has 0 aliphatic carbocycles. The number of ether oxygens (including phenoxy) is 1. The molecule has 5 nitrogen and oxygen atoms in total. The molecule has 0 fully saturated rings. The molecular weight excluding hydrogens is 316 g/mol. The van der Waals surface area contributed by atoms with E-state index in [0.717, 1.165) is 5.69 Å². The fourth-order valence-electron chi connectivity index (χ4n) is 2.00. The van der Waals surface area contributed by atoms with Gasteiger partial charge in [-0.1, -0.05) is 29.8 Å². The first kappa shape index (κ1) is 16.8. The molecule has 2 aromatic carbocycles. The number of halogens is 1. The summed E-state index contributed by atoms with van der Waals surface area (Å²) >= 11 is 5.81. The Morgan fingerprint density at radius 2 is 1.83 bits per heavy atom. The molecule has 0 radical (unpaired) electrons. The van der Waals surface area contributed by atoms with Gasteiger partial charge in [-0.3, -0.25) is 4.79 Å². The van der Waals surface area contributed by atoms with Crippen LogP contribution in [0.4, 0.5) is 11.4 Å². The Balaban J connectivity index is 2.05. The van der Waals surface area contributed by atoms with Crippen LogP contribution in [0.1, 0.15) is 17.3 Å². The van der Waals surface area contributed by atoms with E-state index < -0.39 is 12.1 Å². The number of likely N-dealkylation sites (N-methyl/N-ethyl adjacent to an activating group) is 1. The Labute approximate surface area is 139 Å². The van der Waals surface area contributed by atoms with E-state index in [9.17, 15) is 9.59 Å². The normalized spacial score (nSPS) is 11.6. The van der Waals surface area contributed by atoms with E-state index in [4.69, 9.17) is 22.1 Å². The molecule has 0 aromatic heterocycles. The third-order valence-electron chi connectivity index (χ3n) is 3.34. The van der Waals surface area contributed by atoms with E-state index >= 15 is 0 Å². The predicted molar refractivity (Wildman–Crippen MR) is 90.6 cm³/mol. The zero-order valence-corrected chi connectivity index (χ0v) is 13.6. The molecule has 6 heteroatoms. The fourth-order valence-corrected chi connectivity index (χ4v) is 2.12. The highest BCUT2D eigenvalue weighted by molar-refractivity contribution is 6.33.